The summed E-state index contributed by atoms with van der Waals surface area (Å²) in [6.07, 6.45) is -0.145. The Labute approximate surface area is 196 Å². The number of carbonyl (C=O) groups excluding carboxylic acids is 1. The molecule has 0 radical (unpaired) electrons. The van der Waals surface area contributed by atoms with Crippen LogP contribution in [0.25, 0.3) is 5.69 Å². The van der Waals surface area contributed by atoms with Gasteiger partial charge in [0.25, 0.3) is 5.91 Å². The standard InChI is InChI=1S/C24H27F3N6O/c1-15-6-8-20(33-30-12-17(3)31-33)19(11-15)23(34)32-10-4-5-16(2)21(32)14-29-22-9-7-18(13-28-22)24(25,26)27/h6-9,11-13,16,21H,4-5,10,14H2,1-3H3,(H,28,29). The van der Waals surface area contributed by atoms with Crippen LogP contribution in [0.15, 0.2) is 42.7 Å². The molecule has 2 atom stereocenters. The molecule has 0 saturated carbocycles. The highest BCUT2D eigenvalue weighted by molar-refractivity contribution is 5.98. The number of hydrogen-bond acceptors (Lipinski definition) is 5. The van der Waals surface area contributed by atoms with Gasteiger partial charge in [-0.3, -0.25) is 4.79 Å². The molecule has 1 saturated heterocycles. The summed E-state index contributed by atoms with van der Waals surface area (Å²) in [5.74, 6) is 0.427. The van der Waals surface area contributed by atoms with Crippen LogP contribution < -0.4 is 5.32 Å². The fourth-order valence-electron chi connectivity index (χ4n) is 4.29. The van der Waals surface area contributed by atoms with E-state index in [0.29, 0.717) is 30.2 Å². The van der Waals surface area contributed by atoms with Crippen molar-refractivity contribution in [3.05, 3.63) is 65.1 Å². The van der Waals surface area contributed by atoms with E-state index in [1.54, 1.807) is 6.20 Å². The Kier molecular flexibility index (Phi) is 6.58. The lowest BCUT2D eigenvalue weighted by Crippen LogP contribution is -2.51. The van der Waals surface area contributed by atoms with Crippen LogP contribution in [-0.4, -0.2) is 49.9 Å². The molecule has 1 aromatic carbocycles. The lowest BCUT2D eigenvalue weighted by molar-refractivity contribution is -0.137. The highest BCUT2D eigenvalue weighted by Gasteiger charge is 2.34. The molecule has 2 unspecified atom stereocenters. The highest BCUT2D eigenvalue weighted by Crippen LogP contribution is 2.30. The quantitative estimate of drug-likeness (QED) is 0.585. The minimum absolute atomic E-state index is 0.118. The Morgan fingerprint density at radius 2 is 1.97 bits per heavy atom. The van der Waals surface area contributed by atoms with Crippen molar-refractivity contribution in [2.45, 2.75) is 45.8 Å². The number of amides is 1. The fourth-order valence-corrected chi connectivity index (χ4v) is 4.29. The molecule has 1 fully saturated rings. The Morgan fingerprint density at radius 1 is 1.18 bits per heavy atom. The van der Waals surface area contributed by atoms with Gasteiger partial charge in [-0.05, 0) is 56.9 Å². The molecule has 1 N–H and O–H groups in total. The van der Waals surface area contributed by atoms with E-state index < -0.39 is 11.7 Å². The molecule has 7 nitrogen and oxygen atoms in total. The Bertz CT molecular complexity index is 1160. The van der Waals surface area contributed by atoms with Crippen molar-refractivity contribution in [3.63, 3.8) is 0 Å². The van der Waals surface area contributed by atoms with Crippen LogP contribution in [-0.2, 0) is 6.18 Å². The van der Waals surface area contributed by atoms with E-state index in [9.17, 15) is 18.0 Å². The van der Waals surface area contributed by atoms with Gasteiger partial charge in [0.2, 0.25) is 0 Å². The number of hydrogen-bond donors (Lipinski definition) is 1. The molecule has 180 valence electrons. The van der Waals surface area contributed by atoms with E-state index in [1.807, 2.05) is 36.9 Å². The lowest BCUT2D eigenvalue weighted by Gasteiger charge is -2.40. The van der Waals surface area contributed by atoms with Crippen molar-refractivity contribution in [2.75, 3.05) is 18.4 Å². The second kappa shape index (κ2) is 9.44. The Morgan fingerprint density at radius 3 is 2.62 bits per heavy atom. The molecule has 34 heavy (non-hydrogen) atoms. The Balaban J connectivity index is 1.57. The zero-order valence-corrected chi connectivity index (χ0v) is 19.3. The average molecular weight is 473 g/mol. The number of benzene rings is 1. The molecule has 0 aliphatic carbocycles. The zero-order chi connectivity index (χ0) is 24.5. The lowest BCUT2D eigenvalue weighted by atomic mass is 9.89. The summed E-state index contributed by atoms with van der Waals surface area (Å²) < 4.78 is 38.5. The van der Waals surface area contributed by atoms with Gasteiger partial charge in [-0.1, -0.05) is 18.6 Å². The number of anilines is 1. The molecule has 4 rings (SSSR count). The number of rotatable bonds is 5. The van der Waals surface area contributed by atoms with Gasteiger partial charge in [0.05, 0.1) is 34.7 Å². The molecule has 1 aliphatic rings. The summed E-state index contributed by atoms with van der Waals surface area (Å²) in [5, 5.41) is 11.8. The molecule has 1 aliphatic heterocycles. The summed E-state index contributed by atoms with van der Waals surface area (Å²) in [6, 6.07) is 7.77. The number of aryl methyl sites for hydroxylation is 2. The van der Waals surface area contributed by atoms with E-state index in [0.717, 1.165) is 36.4 Å². The number of nitrogens with zero attached hydrogens (tertiary/aromatic N) is 5. The third kappa shape index (κ3) is 5.05. The first kappa shape index (κ1) is 23.7. The van der Waals surface area contributed by atoms with Crippen LogP contribution in [0.2, 0.25) is 0 Å². The van der Waals surface area contributed by atoms with Crippen LogP contribution in [0.3, 0.4) is 0 Å². The van der Waals surface area contributed by atoms with E-state index in [4.69, 9.17) is 0 Å². The molecule has 2 aromatic heterocycles. The molecule has 3 heterocycles. The van der Waals surface area contributed by atoms with Crippen molar-refractivity contribution < 1.29 is 18.0 Å². The number of aromatic nitrogens is 4. The van der Waals surface area contributed by atoms with Gasteiger partial charge < -0.3 is 10.2 Å². The first-order valence-electron chi connectivity index (χ1n) is 11.2. The molecular formula is C24H27F3N6O. The predicted molar refractivity (Wildman–Crippen MR) is 122 cm³/mol. The van der Waals surface area contributed by atoms with Gasteiger partial charge in [-0.15, -0.1) is 0 Å². The highest BCUT2D eigenvalue weighted by atomic mass is 19.4. The maximum Gasteiger partial charge on any atom is 0.417 e. The number of alkyl halides is 3. The molecule has 1 amide bonds. The van der Waals surface area contributed by atoms with E-state index in [1.165, 1.54) is 10.9 Å². The van der Waals surface area contributed by atoms with Crippen molar-refractivity contribution in [2.24, 2.45) is 5.92 Å². The van der Waals surface area contributed by atoms with Crippen molar-refractivity contribution in [1.82, 2.24) is 24.9 Å². The second-order valence-electron chi connectivity index (χ2n) is 8.79. The largest absolute Gasteiger partial charge is 0.417 e. The third-order valence-corrected chi connectivity index (χ3v) is 6.16. The summed E-state index contributed by atoms with van der Waals surface area (Å²) in [4.78, 5) is 21.0. The number of carbonyl (C=O) groups is 1. The normalized spacial score (nSPS) is 18.7. The van der Waals surface area contributed by atoms with Gasteiger partial charge in [0, 0.05) is 19.3 Å². The summed E-state index contributed by atoms with van der Waals surface area (Å²) in [6.45, 7) is 6.82. The van der Waals surface area contributed by atoms with Crippen LogP contribution in [0, 0.1) is 19.8 Å². The molecule has 0 bridgehead atoms. The van der Waals surface area contributed by atoms with Gasteiger partial charge >= 0.3 is 6.18 Å². The van der Waals surface area contributed by atoms with Crippen molar-refractivity contribution in [3.8, 4) is 5.69 Å². The summed E-state index contributed by atoms with van der Waals surface area (Å²) in [7, 11) is 0. The number of likely N-dealkylation sites (tertiary alicyclic amines) is 1. The number of pyridine rings is 1. The van der Waals surface area contributed by atoms with Gasteiger partial charge in [-0.25, -0.2) is 4.98 Å². The van der Waals surface area contributed by atoms with Crippen molar-refractivity contribution >= 4 is 11.7 Å². The third-order valence-electron chi connectivity index (χ3n) is 6.16. The molecule has 3 aromatic rings. The van der Waals surface area contributed by atoms with Crippen molar-refractivity contribution in [1.29, 1.82) is 0 Å². The number of nitrogens with one attached hydrogen (secondary N) is 1. The number of piperidine rings is 1. The zero-order valence-electron chi connectivity index (χ0n) is 19.3. The van der Waals surface area contributed by atoms with Crippen LogP contribution in [0.5, 0.6) is 0 Å². The van der Waals surface area contributed by atoms with Gasteiger partial charge in [0.1, 0.15) is 5.82 Å². The first-order valence-corrected chi connectivity index (χ1v) is 11.2. The van der Waals surface area contributed by atoms with Gasteiger partial charge in [0.15, 0.2) is 0 Å². The van der Waals surface area contributed by atoms with E-state index in [-0.39, 0.29) is 17.9 Å². The van der Waals surface area contributed by atoms with Crippen LogP contribution in [0.1, 0.15) is 46.9 Å². The van der Waals surface area contributed by atoms with E-state index in [2.05, 4.69) is 27.4 Å². The SMILES string of the molecule is Cc1ccc(-n2ncc(C)n2)c(C(=O)N2CCCC(C)C2CNc2ccc(C(F)(F)F)cn2)c1. The number of halogens is 3. The fraction of sp³-hybridized carbons (Fsp3) is 0.417. The van der Waals surface area contributed by atoms with E-state index >= 15 is 0 Å². The summed E-state index contributed by atoms with van der Waals surface area (Å²) >= 11 is 0. The maximum absolute atomic E-state index is 13.8. The summed E-state index contributed by atoms with van der Waals surface area (Å²) in [5.41, 5.74) is 2.03. The smallest absolute Gasteiger partial charge is 0.368 e. The maximum atomic E-state index is 13.8. The van der Waals surface area contributed by atoms with Crippen LogP contribution in [0.4, 0.5) is 19.0 Å². The molecular weight excluding hydrogens is 445 g/mol. The van der Waals surface area contributed by atoms with Gasteiger partial charge in [-0.2, -0.15) is 28.2 Å². The molecule has 0 spiro atoms. The topological polar surface area (TPSA) is 75.9 Å². The predicted octanol–water partition coefficient (Wildman–Crippen LogP) is 4.65. The van der Waals surface area contributed by atoms with Crippen LogP contribution >= 0.6 is 0 Å². The monoisotopic (exact) mass is 472 g/mol. The first-order chi connectivity index (χ1) is 16.1. The second-order valence-corrected chi connectivity index (χ2v) is 8.79. The molecule has 10 heteroatoms. The average Bonchev–Trinajstić information content (AvgIpc) is 3.23. The minimum Gasteiger partial charge on any atom is -0.368 e. The Hall–Kier alpha value is -3.43. The minimum atomic E-state index is -4.43.